The molecule has 0 spiro atoms. The zero-order chi connectivity index (χ0) is 22.0. The lowest BCUT2D eigenvalue weighted by Gasteiger charge is -2.33. The first-order chi connectivity index (χ1) is 15.5. The van der Waals surface area contributed by atoms with Crippen LogP contribution in [-0.2, 0) is 5.41 Å². The van der Waals surface area contributed by atoms with E-state index in [1.807, 2.05) is 6.07 Å². The fourth-order valence-corrected chi connectivity index (χ4v) is 6.25. The molecule has 166 valence electrons. The van der Waals surface area contributed by atoms with Crippen LogP contribution in [0.1, 0.15) is 57.1 Å². The highest BCUT2D eigenvalue weighted by Crippen LogP contribution is 2.42. The lowest BCUT2D eigenvalue weighted by Crippen LogP contribution is -2.36. The number of benzene rings is 1. The lowest BCUT2D eigenvalue weighted by molar-refractivity contribution is 0.439. The first-order valence-electron chi connectivity index (χ1n) is 11.5. The number of pyridine rings is 1. The Morgan fingerprint density at radius 3 is 2.72 bits per heavy atom. The van der Waals surface area contributed by atoms with Crippen LogP contribution >= 0.6 is 11.5 Å². The molecule has 3 aliphatic rings. The van der Waals surface area contributed by atoms with Crippen LogP contribution in [0, 0.1) is 5.82 Å². The summed E-state index contributed by atoms with van der Waals surface area (Å²) in [6.45, 7) is 3.10. The van der Waals surface area contributed by atoms with Gasteiger partial charge in [-0.2, -0.15) is 0 Å². The number of aromatic amines is 1. The predicted molar refractivity (Wildman–Crippen MR) is 127 cm³/mol. The number of hydrogen-bond acceptors (Lipinski definition) is 4. The highest BCUT2D eigenvalue weighted by molar-refractivity contribution is 7.12. The normalized spacial score (nSPS) is 26.1. The number of H-pyrrole nitrogens is 1. The molecule has 3 aromatic rings. The van der Waals surface area contributed by atoms with Gasteiger partial charge in [0.1, 0.15) is 16.0 Å². The molecule has 0 bridgehead atoms. The van der Waals surface area contributed by atoms with Crippen LogP contribution in [0.3, 0.4) is 0 Å². The van der Waals surface area contributed by atoms with E-state index in [9.17, 15) is 9.59 Å². The second kappa shape index (κ2) is 7.25. The van der Waals surface area contributed by atoms with Crippen molar-refractivity contribution in [3.05, 3.63) is 67.9 Å². The third kappa shape index (κ3) is 3.05. The van der Waals surface area contributed by atoms with Crippen LogP contribution in [0.5, 0.6) is 0 Å². The molecule has 7 heteroatoms. The number of nitrogens with one attached hydrogen (secondary N) is 2. The maximum Gasteiger partial charge on any atom is 0.271 e. The molecule has 2 unspecified atom stereocenters. The molecular formula is C25H26FN3O2S. The molecule has 1 aromatic carbocycles. The predicted octanol–water partition coefficient (Wildman–Crippen LogP) is 4.66. The van der Waals surface area contributed by atoms with Crippen LogP contribution < -0.4 is 16.3 Å². The van der Waals surface area contributed by atoms with Gasteiger partial charge in [0.05, 0.1) is 5.52 Å². The summed E-state index contributed by atoms with van der Waals surface area (Å²) in [5.41, 5.74) is 1.37. The fourth-order valence-electron chi connectivity index (χ4n) is 5.32. The molecule has 5 nitrogen and oxygen atoms in total. The van der Waals surface area contributed by atoms with Crippen molar-refractivity contribution in [1.29, 1.82) is 0 Å². The minimum atomic E-state index is -0.485. The molecule has 2 N–H and O–H groups in total. The van der Waals surface area contributed by atoms with Crippen molar-refractivity contribution < 1.29 is 4.39 Å². The molecule has 3 heterocycles. The number of hydrogen-bond donors (Lipinski definition) is 2. The van der Waals surface area contributed by atoms with Crippen molar-refractivity contribution in [2.24, 2.45) is 0 Å². The Hall–Kier alpha value is -2.51. The Morgan fingerprint density at radius 1 is 1.19 bits per heavy atom. The van der Waals surface area contributed by atoms with E-state index in [4.69, 9.17) is 0 Å². The summed E-state index contributed by atoms with van der Waals surface area (Å²) in [6.07, 6.45) is 12.8. The smallest absolute Gasteiger partial charge is 0.271 e. The lowest BCUT2D eigenvalue weighted by atomic mass is 9.74. The number of allylic oxidation sites excluding steroid dienone is 2. The summed E-state index contributed by atoms with van der Waals surface area (Å²) in [5.74, 6) is -0.386. The summed E-state index contributed by atoms with van der Waals surface area (Å²) in [4.78, 5) is 26.0. The van der Waals surface area contributed by atoms with Gasteiger partial charge in [-0.1, -0.05) is 31.6 Å². The van der Waals surface area contributed by atoms with Gasteiger partial charge in [-0.3, -0.25) is 14.0 Å². The molecule has 2 aromatic heterocycles. The van der Waals surface area contributed by atoms with Gasteiger partial charge < -0.3 is 9.88 Å². The molecule has 2 fully saturated rings. The topological polar surface area (TPSA) is 66.9 Å². The van der Waals surface area contributed by atoms with Gasteiger partial charge in [-0.25, -0.2) is 4.39 Å². The SMILES string of the molecule is CC1(c2cc3c(cc2F)c(=O)c2c(=O)[nH]sc2n3C2CC2)C=CC(C2CCCCN2)=CC1. The number of aromatic nitrogens is 2. The quantitative estimate of drug-likeness (QED) is 0.608. The molecule has 2 aliphatic carbocycles. The van der Waals surface area contributed by atoms with E-state index >= 15 is 4.39 Å². The third-order valence-electron chi connectivity index (χ3n) is 7.36. The maximum absolute atomic E-state index is 15.5. The molecule has 1 aliphatic heterocycles. The molecule has 1 saturated heterocycles. The molecular weight excluding hydrogens is 425 g/mol. The van der Waals surface area contributed by atoms with Crippen LogP contribution in [0.2, 0.25) is 0 Å². The highest BCUT2D eigenvalue weighted by Gasteiger charge is 2.33. The van der Waals surface area contributed by atoms with Crippen molar-refractivity contribution in [2.75, 3.05) is 6.54 Å². The first kappa shape index (κ1) is 20.1. The monoisotopic (exact) mass is 451 g/mol. The third-order valence-corrected chi connectivity index (χ3v) is 8.24. The second-order valence-corrected chi connectivity index (χ2v) is 10.4. The van der Waals surface area contributed by atoms with Crippen molar-refractivity contribution in [1.82, 2.24) is 14.3 Å². The molecule has 0 radical (unpaired) electrons. The van der Waals surface area contributed by atoms with E-state index in [-0.39, 0.29) is 28.2 Å². The van der Waals surface area contributed by atoms with E-state index < -0.39 is 5.41 Å². The van der Waals surface area contributed by atoms with Gasteiger partial charge >= 0.3 is 0 Å². The van der Waals surface area contributed by atoms with Gasteiger partial charge in [0.15, 0.2) is 0 Å². The van der Waals surface area contributed by atoms with Crippen LogP contribution in [0.25, 0.3) is 21.1 Å². The van der Waals surface area contributed by atoms with Gasteiger partial charge in [0.2, 0.25) is 5.43 Å². The summed E-state index contributed by atoms with van der Waals surface area (Å²) in [6, 6.07) is 3.85. The van der Waals surface area contributed by atoms with E-state index in [0.717, 1.165) is 31.3 Å². The Kier molecular flexibility index (Phi) is 4.56. The minimum Gasteiger partial charge on any atom is -0.328 e. The second-order valence-electron chi connectivity index (χ2n) is 9.65. The average molecular weight is 452 g/mol. The van der Waals surface area contributed by atoms with Gasteiger partial charge in [0, 0.05) is 22.9 Å². The maximum atomic E-state index is 15.5. The number of nitrogens with zero attached hydrogens (tertiary/aromatic N) is 1. The molecule has 1 saturated carbocycles. The zero-order valence-corrected chi connectivity index (χ0v) is 18.9. The Morgan fingerprint density at radius 2 is 2.03 bits per heavy atom. The Labute approximate surface area is 188 Å². The van der Waals surface area contributed by atoms with Crippen molar-refractivity contribution in [3.63, 3.8) is 0 Å². The zero-order valence-electron chi connectivity index (χ0n) is 18.0. The highest BCUT2D eigenvalue weighted by atomic mass is 32.1. The average Bonchev–Trinajstić information content (AvgIpc) is 3.56. The summed E-state index contributed by atoms with van der Waals surface area (Å²) in [5, 5.41) is 4.03. The number of halogens is 1. The molecule has 2 atom stereocenters. The summed E-state index contributed by atoms with van der Waals surface area (Å²) >= 11 is 1.20. The van der Waals surface area contributed by atoms with E-state index in [2.05, 4.69) is 39.4 Å². The van der Waals surface area contributed by atoms with E-state index in [1.165, 1.54) is 36.0 Å². The molecule has 32 heavy (non-hydrogen) atoms. The minimum absolute atomic E-state index is 0.151. The van der Waals surface area contributed by atoms with E-state index in [0.29, 0.717) is 28.2 Å². The number of piperidine rings is 1. The first-order valence-corrected chi connectivity index (χ1v) is 12.3. The van der Waals surface area contributed by atoms with Crippen LogP contribution in [0.4, 0.5) is 4.39 Å². The standard InChI is InChI=1S/C25H26FN3O2S/c1-25(9-7-14(8-10-25)19-4-2-3-11-27-19)17-13-20-16(12-18(17)26)22(30)21-23(31)28-32-24(21)29(20)15-5-6-15/h7-9,12-13,15,19,27H,2-6,10-11H2,1H3,(H,28,31). The summed E-state index contributed by atoms with van der Waals surface area (Å²) < 4.78 is 20.2. The fraction of sp³-hybridized carbons (Fsp3) is 0.440. The summed E-state index contributed by atoms with van der Waals surface area (Å²) in [7, 11) is 0. The molecule has 0 amide bonds. The van der Waals surface area contributed by atoms with Crippen LogP contribution in [-0.4, -0.2) is 21.5 Å². The van der Waals surface area contributed by atoms with Gasteiger partial charge in [-0.05, 0) is 73.5 Å². The number of fused-ring (bicyclic) bond motifs is 2. The van der Waals surface area contributed by atoms with Crippen molar-refractivity contribution >= 4 is 32.7 Å². The Bertz CT molecular complexity index is 1420. The van der Waals surface area contributed by atoms with Crippen LogP contribution in [0.15, 0.2) is 45.5 Å². The van der Waals surface area contributed by atoms with Gasteiger partial charge in [0.25, 0.3) is 5.56 Å². The Balaban J connectivity index is 1.49. The van der Waals surface area contributed by atoms with Crippen molar-refractivity contribution in [3.8, 4) is 0 Å². The number of rotatable bonds is 3. The van der Waals surface area contributed by atoms with E-state index in [1.54, 1.807) is 0 Å². The van der Waals surface area contributed by atoms with Gasteiger partial charge in [-0.15, -0.1) is 0 Å². The van der Waals surface area contributed by atoms with Crippen molar-refractivity contribution in [2.45, 2.75) is 62.9 Å². The molecule has 6 rings (SSSR count). The largest absolute Gasteiger partial charge is 0.328 e.